The highest BCUT2D eigenvalue weighted by molar-refractivity contribution is 7.91. The van der Waals surface area contributed by atoms with Crippen LogP contribution in [0.4, 0.5) is 0 Å². The number of sulfone groups is 1. The van der Waals surface area contributed by atoms with E-state index in [9.17, 15) is 28.0 Å². The van der Waals surface area contributed by atoms with Crippen molar-refractivity contribution in [2.75, 3.05) is 61.2 Å². The Kier molecular flexibility index (Phi) is 11.8. The topological polar surface area (TPSA) is 234 Å². The highest BCUT2D eigenvalue weighted by Gasteiger charge is 2.39. The lowest BCUT2D eigenvalue weighted by atomic mass is 9.91. The van der Waals surface area contributed by atoms with Crippen LogP contribution >= 0.6 is 0 Å². The zero-order valence-corrected chi connectivity index (χ0v) is 34.0. The van der Waals surface area contributed by atoms with Gasteiger partial charge >= 0.3 is 28.8 Å². The van der Waals surface area contributed by atoms with E-state index in [1.807, 2.05) is 4.90 Å². The van der Waals surface area contributed by atoms with Crippen molar-refractivity contribution in [2.24, 2.45) is 0 Å². The number of aromatic nitrogens is 2. The summed E-state index contributed by atoms with van der Waals surface area (Å²) in [5.74, 6) is -1.49. The first kappa shape index (κ1) is 41.7. The Bertz CT molecular complexity index is 2390. The van der Waals surface area contributed by atoms with E-state index in [0.717, 1.165) is 0 Å². The van der Waals surface area contributed by atoms with Crippen molar-refractivity contribution in [3.8, 4) is 51.5 Å². The van der Waals surface area contributed by atoms with Gasteiger partial charge in [0.15, 0.2) is 23.0 Å². The first-order chi connectivity index (χ1) is 28.8. The fraction of sp³-hybridized carbons (Fsp3) is 0.410. The number of fused-ring (bicyclic) bond motifs is 2. The van der Waals surface area contributed by atoms with Crippen molar-refractivity contribution in [2.45, 2.75) is 54.7 Å². The minimum Gasteiger partial charge on any atom is -0.493 e. The first-order valence-corrected chi connectivity index (χ1v) is 20.0. The standard InChI is InChI=1S/C39H41N3O17S/c1-39(2,13-16-52-35-36(42(46)59-40-35)60(47,48)23-9-7-6-8-10-23)58-28(43)19-41-14-11-22(12-15-41)57-38(45)25-18-27(50-4)32-34(56-21-54-32)30(25)29-24(37(44)51-5)17-26(49-3)31-33(29)55-20-53-31/h6-10,17-18,22H,11-16,19-21H2,1-5H3. The summed E-state index contributed by atoms with van der Waals surface area (Å²) in [5.41, 5.74) is -0.783. The quantitative estimate of drug-likeness (QED) is 0.0946. The summed E-state index contributed by atoms with van der Waals surface area (Å²) in [7, 11) is -0.277. The molecule has 3 aliphatic heterocycles. The van der Waals surface area contributed by atoms with Gasteiger partial charge in [-0.2, -0.15) is 0 Å². The largest absolute Gasteiger partial charge is 0.493 e. The molecule has 60 heavy (non-hydrogen) atoms. The van der Waals surface area contributed by atoms with Crippen molar-refractivity contribution in [1.29, 1.82) is 0 Å². The number of piperidine rings is 1. The summed E-state index contributed by atoms with van der Waals surface area (Å²) in [6.45, 7) is 3.48. The Morgan fingerprint density at radius 2 is 1.43 bits per heavy atom. The maximum Gasteiger partial charge on any atom is 0.414 e. The van der Waals surface area contributed by atoms with Crippen molar-refractivity contribution in [3.05, 3.63) is 58.8 Å². The second-order valence-corrected chi connectivity index (χ2v) is 16.1. The smallest absolute Gasteiger partial charge is 0.414 e. The van der Waals surface area contributed by atoms with Gasteiger partial charge in [-0.05, 0) is 55.9 Å². The number of rotatable bonds is 15. The van der Waals surface area contributed by atoms with E-state index < -0.39 is 50.4 Å². The van der Waals surface area contributed by atoms with Gasteiger partial charge in [0, 0.05) is 30.6 Å². The van der Waals surface area contributed by atoms with Gasteiger partial charge in [-0.3, -0.25) is 14.3 Å². The van der Waals surface area contributed by atoms with E-state index >= 15 is 0 Å². The number of carbonyl (C=O) groups is 3. The third-order valence-electron chi connectivity index (χ3n) is 9.88. The summed E-state index contributed by atoms with van der Waals surface area (Å²) >= 11 is 0. The summed E-state index contributed by atoms with van der Waals surface area (Å²) < 4.78 is 87.0. The Hall–Kier alpha value is -6.48. The van der Waals surface area contributed by atoms with Gasteiger partial charge < -0.3 is 52.6 Å². The lowest BCUT2D eigenvalue weighted by Gasteiger charge is -2.32. The summed E-state index contributed by atoms with van der Waals surface area (Å²) in [6, 6.07) is 10.1. The SMILES string of the molecule is COC(=O)c1cc(OC)c2c(c1-c1c(C(=O)OC3CCN(CC(=O)OC(C)(C)CCOc4no[n+]([O-])c4S(=O)(=O)c4ccccc4)CC3)cc(OC)c3c1OCO3)OCO2. The highest BCUT2D eigenvalue weighted by Crippen LogP contribution is 2.57. The van der Waals surface area contributed by atoms with Crippen LogP contribution in [0.5, 0.6) is 40.4 Å². The van der Waals surface area contributed by atoms with E-state index in [2.05, 4.69) is 9.79 Å². The first-order valence-electron chi connectivity index (χ1n) is 18.5. The van der Waals surface area contributed by atoms with Crippen LogP contribution in [0, 0.1) is 5.21 Å². The molecule has 320 valence electrons. The van der Waals surface area contributed by atoms with Gasteiger partial charge in [0.25, 0.3) is 9.84 Å². The predicted molar refractivity (Wildman–Crippen MR) is 201 cm³/mol. The summed E-state index contributed by atoms with van der Waals surface area (Å²) in [4.78, 5) is 41.9. The molecule has 3 aromatic carbocycles. The fourth-order valence-corrected chi connectivity index (χ4v) is 8.21. The Morgan fingerprint density at radius 3 is 2.00 bits per heavy atom. The van der Waals surface area contributed by atoms with Crippen LogP contribution in [0.2, 0.25) is 0 Å². The molecule has 0 bridgehead atoms. The van der Waals surface area contributed by atoms with Crippen LogP contribution in [0.3, 0.4) is 0 Å². The molecule has 4 aromatic rings. The zero-order valence-electron chi connectivity index (χ0n) is 33.2. The second kappa shape index (κ2) is 17.0. The van der Waals surface area contributed by atoms with E-state index in [1.54, 1.807) is 19.9 Å². The Labute approximate surface area is 343 Å². The Morgan fingerprint density at radius 1 is 0.867 bits per heavy atom. The number of carbonyl (C=O) groups excluding carboxylic acids is 3. The van der Waals surface area contributed by atoms with Gasteiger partial charge in [-0.15, -0.1) is 0 Å². The molecule has 7 rings (SSSR count). The lowest BCUT2D eigenvalue weighted by molar-refractivity contribution is -0.832. The normalized spacial score (nSPS) is 15.0. The number of nitrogens with zero attached hydrogens (tertiary/aromatic N) is 3. The van der Waals surface area contributed by atoms with Crippen LogP contribution in [-0.4, -0.2) is 109 Å². The monoisotopic (exact) mass is 855 g/mol. The van der Waals surface area contributed by atoms with Gasteiger partial charge in [-0.25, -0.2) is 18.0 Å². The van der Waals surface area contributed by atoms with Gasteiger partial charge in [0.05, 0.1) is 55.7 Å². The number of esters is 3. The van der Waals surface area contributed by atoms with Crippen LogP contribution in [-0.2, 0) is 28.8 Å². The van der Waals surface area contributed by atoms with Crippen molar-refractivity contribution in [1.82, 2.24) is 10.1 Å². The van der Waals surface area contributed by atoms with Crippen LogP contribution in [0.1, 0.15) is 53.8 Å². The van der Waals surface area contributed by atoms with Crippen molar-refractivity contribution >= 4 is 27.7 Å². The minimum atomic E-state index is -4.30. The number of benzene rings is 3. The molecule has 1 saturated heterocycles. The number of hydrogen-bond donors (Lipinski definition) is 0. The third kappa shape index (κ3) is 8.21. The van der Waals surface area contributed by atoms with Gasteiger partial charge in [0.2, 0.25) is 25.1 Å². The number of ether oxygens (including phenoxy) is 10. The average Bonchev–Trinajstić information content (AvgIpc) is 4.01. The van der Waals surface area contributed by atoms with E-state index in [4.69, 9.17) is 47.4 Å². The molecule has 0 aliphatic carbocycles. The molecular weight excluding hydrogens is 814 g/mol. The van der Waals surface area contributed by atoms with Crippen LogP contribution < -0.4 is 38.1 Å². The van der Waals surface area contributed by atoms with E-state index in [1.165, 1.54) is 57.7 Å². The fourth-order valence-electron chi connectivity index (χ4n) is 6.92. The average molecular weight is 856 g/mol. The molecule has 0 atom stereocenters. The van der Waals surface area contributed by atoms with Crippen molar-refractivity contribution in [3.63, 3.8) is 0 Å². The molecule has 1 aromatic heterocycles. The van der Waals surface area contributed by atoms with Crippen LogP contribution in [0.15, 0.2) is 57.0 Å². The molecule has 20 nitrogen and oxygen atoms in total. The summed E-state index contributed by atoms with van der Waals surface area (Å²) in [5, 5.41) is 14.9. The molecule has 0 saturated carbocycles. The molecule has 4 heterocycles. The predicted octanol–water partition coefficient (Wildman–Crippen LogP) is 3.48. The van der Waals surface area contributed by atoms with Crippen LogP contribution in [0.25, 0.3) is 11.1 Å². The van der Waals surface area contributed by atoms with E-state index in [-0.39, 0.29) is 99.7 Å². The molecular formula is C39H41N3O17S. The number of methoxy groups -OCH3 is 3. The van der Waals surface area contributed by atoms with Gasteiger partial charge in [-0.1, -0.05) is 18.2 Å². The molecule has 1 fully saturated rings. The van der Waals surface area contributed by atoms with Crippen molar-refractivity contribution < 1.29 is 79.7 Å². The second-order valence-electron chi connectivity index (χ2n) is 14.2. The molecule has 21 heteroatoms. The molecule has 3 aliphatic rings. The molecule has 0 spiro atoms. The molecule has 0 amide bonds. The zero-order chi connectivity index (χ0) is 42.8. The van der Waals surface area contributed by atoms with Gasteiger partial charge in [0.1, 0.15) is 11.7 Å². The Balaban J connectivity index is 0.987. The summed E-state index contributed by atoms with van der Waals surface area (Å²) in [6.07, 6.45) is 0.311. The highest BCUT2D eigenvalue weighted by atomic mass is 32.2. The number of likely N-dealkylation sites (tertiary alicyclic amines) is 1. The maximum atomic E-state index is 14.1. The van der Waals surface area contributed by atoms with E-state index in [0.29, 0.717) is 25.9 Å². The molecule has 0 unspecified atom stereocenters. The number of hydrogen-bond acceptors (Lipinski definition) is 19. The molecule has 0 radical (unpaired) electrons. The maximum absolute atomic E-state index is 14.1. The molecule has 0 N–H and O–H groups in total. The third-order valence-corrected chi connectivity index (χ3v) is 11.6. The lowest BCUT2D eigenvalue weighted by Crippen LogP contribution is -2.42. The minimum absolute atomic E-state index is 0.00162.